The van der Waals surface area contributed by atoms with Crippen molar-refractivity contribution in [3.05, 3.63) is 71.8 Å². The van der Waals surface area contributed by atoms with Gasteiger partial charge < -0.3 is 15.0 Å². The predicted octanol–water partition coefficient (Wildman–Crippen LogP) is 2.74. The maximum atomic E-state index is 12.9. The standard InChI is InChI=1S/C23H23ClN2O4S/c1-23(14-24)19(22(29)30-13-16-10-6-3-7-11-16)26-20(28)18(21(26)31-23)25-17(27)12-15-8-4-2-5-9-15/h2-11,18-19,21H,12-14H2,1H3,(H,25,27). The van der Waals surface area contributed by atoms with Gasteiger partial charge in [-0.2, -0.15) is 0 Å². The summed E-state index contributed by atoms with van der Waals surface area (Å²) < 4.78 is 4.81. The monoisotopic (exact) mass is 458 g/mol. The highest BCUT2D eigenvalue weighted by Crippen LogP contribution is 2.51. The van der Waals surface area contributed by atoms with Crippen LogP contribution in [0.1, 0.15) is 18.1 Å². The van der Waals surface area contributed by atoms with Crippen molar-refractivity contribution in [2.24, 2.45) is 0 Å². The fourth-order valence-corrected chi connectivity index (χ4v) is 5.88. The van der Waals surface area contributed by atoms with Crippen molar-refractivity contribution in [1.82, 2.24) is 10.2 Å². The number of rotatable bonds is 7. The average Bonchev–Trinajstić information content (AvgIpc) is 3.07. The van der Waals surface area contributed by atoms with Crippen LogP contribution in [-0.4, -0.2) is 50.8 Å². The Hall–Kier alpha value is -2.51. The van der Waals surface area contributed by atoms with Crippen LogP contribution in [0.15, 0.2) is 60.7 Å². The quantitative estimate of drug-likeness (QED) is 0.392. The third kappa shape index (κ3) is 4.29. The van der Waals surface area contributed by atoms with Gasteiger partial charge in [0.15, 0.2) is 0 Å². The first-order chi connectivity index (χ1) is 14.9. The molecule has 4 unspecified atom stereocenters. The van der Waals surface area contributed by atoms with Crippen LogP contribution in [0.25, 0.3) is 0 Å². The number of thioether (sulfide) groups is 1. The van der Waals surface area contributed by atoms with E-state index >= 15 is 0 Å². The van der Waals surface area contributed by atoms with Crippen molar-refractivity contribution in [2.75, 3.05) is 5.88 Å². The summed E-state index contributed by atoms with van der Waals surface area (Å²) in [6.07, 6.45) is 0.192. The number of hydrogen-bond donors (Lipinski definition) is 1. The number of esters is 1. The Morgan fingerprint density at radius 3 is 2.32 bits per heavy atom. The fourth-order valence-electron chi connectivity index (χ4n) is 3.93. The number of halogens is 1. The molecule has 0 spiro atoms. The van der Waals surface area contributed by atoms with E-state index in [1.165, 1.54) is 16.7 Å². The van der Waals surface area contributed by atoms with Crippen molar-refractivity contribution >= 4 is 41.1 Å². The summed E-state index contributed by atoms with van der Waals surface area (Å²) in [5.41, 5.74) is 1.74. The van der Waals surface area contributed by atoms with Crippen LogP contribution >= 0.6 is 23.4 Å². The summed E-state index contributed by atoms with van der Waals surface area (Å²) >= 11 is 7.66. The van der Waals surface area contributed by atoms with Crippen LogP contribution in [-0.2, 0) is 32.1 Å². The number of carbonyl (C=O) groups is 3. The Balaban J connectivity index is 1.42. The first-order valence-corrected chi connectivity index (χ1v) is 11.4. The van der Waals surface area contributed by atoms with E-state index < -0.39 is 22.8 Å². The maximum Gasteiger partial charge on any atom is 0.330 e. The van der Waals surface area contributed by atoms with Gasteiger partial charge in [0.1, 0.15) is 24.1 Å². The zero-order valence-electron chi connectivity index (χ0n) is 17.0. The van der Waals surface area contributed by atoms with Gasteiger partial charge in [0.25, 0.3) is 0 Å². The van der Waals surface area contributed by atoms with E-state index in [4.69, 9.17) is 16.3 Å². The van der Waals surface area contributed by atoms with E-state index in [1.807, 2.05) is 67.6 Å². The summed E-state index contributed by atoms with van der Waals surface area (Å²) in [6, 6.07) is 17.2. The molecule has 8 heteroatoms. The van der Waals surface area contributed by atoms with Gasteiger partial charge >= 0.3 is 5.97 Å². The van der Waals surface area contributed by atoms with Crippen LogP contribution in [0.5, 0.6) is 0 Å². The van der Waals surface area contributed by atoms with Crippen LogP contribution in [0, 0.1) is 0 Å². The molecule has 2 amide bonds. The number of amides is 2. The molecule has 2 aromatic carbocycles. The molecule has 0 saturated carbocycles. The molecule has 2 heterocycles. The molecular formula is C23H23ClN2O4S. The largest absolute Gasteiger partial charge is 0.459 e. The minimum absolute atomic E-state index is 0.128. The molecule has 0 aliphatic carbocycles. The van der Waals surface area contributed by atoms with E-state index in [1.54, 1.807) is 0 Å². The Bertz CT molecular complexity index is 974. The smallest absolute Gasteiger partial charge is 0.330 e. The molecule has 4 rings (SSSR count). The fraction of sp³-hybridized carbons (Fsp3) is 0.348. The Labute approximate surface area is 190 Å². The molecule has 2 aromatic rings. The average molecular weight is 459 g/mol. The van der Waals surface area contributed by atoms with Gasteiger partial charge in [0.05, 0.1) is 11.2 Å². The number of carbonyl (C=O) groups excluding carboxylic acids is 3. The molecular weight excluding hydrogens is 436 g/mol. The molecule has 6 nitrogen and oxygen atoms in total. The Morgan fingerprint density at radius 2 is 1.71 bits per heavy atom. The van der Waals surface area contributed by atoms with Gasteiger partial charge in [0.2, 0.25) is 11.8 Å². The number of hydrogen-bond acceptors (Lipinski definition) is 5. The summed E-state index contributed by atoms with van der Waals surface area (Å²) in [6.45, 7) is 1.98. The van der Waals surface area contributed by atoms with Gasteiger partial charge in [-0.25, -0.2) is 4.79 Å². The number of ether oxygens (including phenoxy) is 1. The van der Waals surface area contributed by atoms with Crippen LogP contribution < -0.4 is 5.32 Å². The van der Waals surface area contributed by atoms with Gasteiger partial charge in [-0.3, -0.25) is 9.59 Å². The Morgan fingerprint density at radius 1 is 1.10 bits per heavy atom. The maximum absolute atomic E-state index is 12.9. The number of fused-ring (bicyclic) bond motifs is 1. The predicted molar refractivity (Wildman–Crippen MR) is 119 cm³/mol. The van der Waals surface area contributed by atoms with Crippen molar-refractivity contribution in [1.29, 1.82) is 0 Å². The summed E-state index contributed by atoms with van der Waals surface area (Å²) in [7, 11) is 0. The lowest BCUT2D eigenvalue weighted by Gasteiger charge is -2.44. The molecule has 4 atom stereocenters. The summed E-state index contributed by atoms with van der Waals surface area (Å²) in [5, 5.41) is 2.48. The van der Waals surface area contributed by atoms with Crippen LogP contribution in [0.4, 0.5) is 0 Å². The first-order valence-electron chi connectivity index (χ1n) is 10.0. The van der Waals surface area contributed by atoms with E-state index in [2.05, 4.69) is 5.32 Å². The Kier molecular flexibility index (Phi) is 6.25. The summed E-state index contributed by atoms with van der Waals surface area (Å²) in [4.78, 5) is 39.7. The van der Waals surface area contributed by atoms with Crippen LogP contribution in [0.3, 0.4) is 0 Å². The van der Waals surface area contributed by atoms with Crippen molar-refractivity contribution in [2.45, 2.75) is 42.2 Å². The minimum Gasteiger partial charge on any atom is -0.459 e. The molecule has 31 heavy (non-hydrogen) atoms. The van der Waals surface area contributed by atoms with Gasteiger partial charge in [-0.1, -0.05) is 60.7 Å². The first kappa shape index (κ1) is 21.7. The molecule has 0 bridgehead atoms. The second-order valence-corrected chi connectivity index (χ2v) is 9.82. The van der Waals surface area contributed by atoms with Gasteiger partial charge in [-0.15, -0.1) is 23.4 Å². The minimum atomic E-state index is -0.793. The number of β-lactam (4-membered cyclic amide) rings is 1. The highest BCUT2D eigenvalue weighted by molar-refractivity contribution is 8.01. The van der Waals surface area contributed by atoms with E-state index in [0.29, 0.717) is 0 Å². The molecule has 2 fully saturated rings. The van der Waals surface area contributed by atoms with E-state index in [0.717, 1.165) is 11.1 Å². The second-order valence-electron chi connectivity index (χ2n) is 7.90. The zero-order chi connectivity index (χ0) is 22.0. The second kappa shape index (κ2) is 8.93. The molecule has 0 aromatic heterocycles. The highest BCUT2D eigenvalue weighted by Gasteiger charge is 2.65. The highest BCUT2D eigenvalue weighted by atomic mass is 35.5. The van der Waals surface area contributed by atoms with Crippen LogP contribution in [0.2, 0.25) is 0 Å². The number of benzene rings is 2. The lowest BCUT2D eigenvalue weighted by molar-refractivity contribution is -0.165. The molecule has 1 N–H and O–H groups in total. The zero-order valence-corrected chi connectivity index (χ0v) is 18.6. The molecule has 2 saturated heterocycles. The van der Waals surface area contributed by atoms with Crippen molar-refractivity contribution in [3.63, 3.8) is 0 Å². The lowest BCUT2D eigenvalue weighted by Crippen LogP contribution is -2.71. The lowest BCUT2D eigenvalue weighted by atomic mass is 9.95. The number of nitrogens with zero attached hydrogens (tertiary/aromatic N) is 1. The molecule has 0 radical (unpaired) electrons. The van der Waals surface area contributed by atoms with E-state index in [-0.39, 0.29) is 36.1 Å². The van der Waals surface area contributed by atoms with Gasteiger partial charge in [0, 0.05) is 5.88 Å². The van der Waals surface area contributed by atoms with Crippen molar-refractivity contribution < 1.29 is 19.1 Å². The molecule has 162 valence electrons. The third-order valence-electron chi connectivity index (χ3n) is 5.56. The van der Waals surface area contributed by atoms with Gasteiger partial charge in [-0.05, 0) is 18.1 Å². The third-order valence-corrected chi connectivity index (χ3v) is 7.92. The number of alkyl halides is 1. The SMILES string of the molecule is CC1(CCl)SC2C(NC(=O)Cc3ccccc3)C(=O)N2C1C(=O)OCc1ccccc1. The summed E-state index contributed by atoms with van der Waals surface area (Å²) in [5.74, 6) is -0.820. The molecule has 2 aliphatic heterocycles. The van der Waals surface area contributed by atoms with E-state index in [9.17, 15) is 14.4 Å². The van der Waals surface area contributed by atoms with Crippen molar-refractivity contribution in [3.8, 4) is 0 Å². The number of nitrogens with one attached hydrogen (secondary N) is 1. The normalized spacial score (nSPS) is 26.7. The topological polar surface area (TPSA) is 75.7 Å². The molecule has 2 aliphatic rings.